The first kappa shape index (κ1) is 41.5. The van der Waals surface area contributed by atoms with Gasteiger partial charge in [0.05, 0.1) is 4.83 Å². The Morgan fingerprint density at radius 2 is 1.09 bits per heavy atom. The third kappa shape index (κ3) is 9.97. The largest absolute Gasteiger partial charge is 0.367 e. The van der Waals surface area contributed by atoms with Gasteiger partial charge in [0.2, 0.25) is 0 Å². The Kier molecular flexibility index (Phi) is 14.9. The van der Waals surface area contributed by atoms with Gasteiger partial charge >= 0.3 is 0 Å². The van der Waals surface area contributed by atoms with Gasteiger partial charge in [-0.25, -0.2) is 0 Å². The van der Waals surface area contributed by atoms with Crippen LogP contribution in [0.2, 0.25) is 0 Å². The number of hydrogen-bond donors (Lipinski definition) is 0. The topological polar surface area (TPSA) is 6.48 Å². The molecule has 7 unspecified atom stereocenters. The summed E-state index contributed by atoms with van der Waals surface area (Å²) < 4.78 is 0. The Bertz CT molecular complexity index is 1360. The summed E-state index contributed by atoms with van der Waals surface area (Å²) >= 11 is 4.69. The van der Waals surface area contributed by atoms with Gasteiger partial charge in [0.1, 0.15) is 0 Å². The fraction of sp³-hybridized carbons (Fsp3) is 0.852. The van der Waals surface area contributed by atoms with E-state index in [0.29, 0.717) is 29.0 Å². The molecule has 0 saturated heterocycles. The zero-order valence-electron chi connectivity index (χ0n) is 36.6. The molecule has 318 valence electrons. The van der Waals surface area contributed by atoms with Crippen molar-refractivity contribution in [3.05, 3.63) is 47.7 Å². The molecule has 5 fully saturated rings. The second-order valence-electron chi connectivity index (χ2n) is 21.7. The molecular weight excluding hydrogens is 757 g/mol. The minimum Gasteiger partial charge on any atom is -0.367 e. The van der Waals surface area contributed by atoms with Crippen molar-refractivity contribution in [3.63, 3.8) is 0 Å². The van der Waals surface area contributed by atoms with E-state index in [1.54, 1.807) is 5.70 Å². The fourth-order valence-corrected chi connectivity index (χ4v) is 16.3. The molecule has 3 heteroatoms. The smallest absolute Gasteiger partial charge is 0.0544 e. The quantitative estimate of drug-likeness (QED) is 0.160. The van der Waals surface area contributed by atoms with Crippen LogP contribution in [-0.4, -0.2) is 44.8 Å². The minimum absolute atomic E-state index is 0.476. The third-order valence-electron chi connectivity index (χ3n) is 18.6. The van der Waals surface area contributed by atoms with Gasteiger partial charge < -0.3 is 4.90 Å². The van der Waals surface area contributed by atoms with E-state index in [1.165, 1.54) is 212 Å². The molecule has 2 nitrogen and oxygen atoms in total. The second kappa shape index (κ2) is 20.4. The maximum Gasteiger partial charge on any atom is 0.0544 e. The van der Waals surface area contributed by atoms with E-state index in [2.05, 4.69) is 62.2 Å². The number of halogens is 1. The van der Waals surface area contributed by atoms with E-state index in [4.69, 9.17) is 0 Å². The summed E-state index contributed by atoms with van der Waals surface area (Å²) in [5.41, 5.74) is 3.60. The van der Waals surface area contributed by atoms with Crippen molar-refractivity contribution in [2.24, 2.45) is 41.4 Å². The highest BCUT2D eigenvalue weighted by atomic mass is 79.9. The monoisotopic (exact) mass is 841 g/mol. The lowest BCUT2D eigenvalue weighted by Gasteiger charge is -2.53. The molecule has 0 spiro atoms. The van der Waals surface area contributed by atoms with E-state index in [1.807, 2.05) is 5.57 Å². The number of alkyl halides is 1. The average Bonchev–Trinajstić information content (AvgIpc) is 3.30. The van der Waals surface area contributed by atoms with Crippen LogP contribution in [0, 0.1) is 41.4 Å². The molecular formula is C54H85BrN2. The number of allylic oxidation sites excluding steroid dienone is 4. The van der Waals surface area contributed by atoms with Gasteiger partial charge in [-0.3, -0.25) is 4.90 Å². The van der Waals surface area contributed by atoms with E-state index < -0.39 is 0 Å². The van der Waals surface area contributed by atoms with Gasteiger partial charge in [-0.15, -0.1) is 0 Å². The van der Waals surface area contributed by atoms with Gasteiger partial charge in [-0.1, -0.05) is 161 Å². The standard InChI is InChI=1S/C54H85BrN2/c55-54-52(56(48-32-24-44(25-33-48)40-14-5-1-6-15-40)49-34-26-45(27-35-49)41-16-7-2-8-17-41)22-13-23-53(54)57(50-36-28-46(29-37-50)42-18-9-3-10-19-42)51-38-30-47(31-39-51)43-20-11-4-12-21-43/h13,22,24,28,32,38,40-45,47-50,52-54H,1-12,14-21,23,25-27,29-31,33-37,39H2. The van der Waals surface area contributed by atoms with Gasteiger partial charge in [0.25, 0.3) is 0 Å². The van der Waals surface area contributed by atoms with Gasteiger partial charge in [0.15, 0.2) is 0 Å². The second-order valence-corrected chi connectivity index (χ2v) is 22.8. The first-order valence-corrected chi connectivity index (χ1v) is 27.0. The maximum atomic E-state index is 4.69. The molecule has 0 radical (unpaired) electrons. The maximum absolute atomic E-state index is 4.69. The van der Waals surface area contributed by atoms with E-state index in [0.717, 1.165) is 47.5 Å². The highest BCUT2D eigenvalue weighted by Gasteiger charge is 2.45. The molecule has 7 atom stereocenters. The zero-order valence-corrected chi connectivity index (χ0v) is 38.2. The van der Waals surface area contributed by atoms with Crippen molar-refractivity contribution < 1.29 is 0 Å². The molecule has 9 aliphatic carbocycles. The minimum atomic E-state index is 0.476. The Labute approximate surface area is 360 Å². The molecule has 0 amide bonds. The number of hydrogen-bond acceptors (Lipinski definition) is 2. The lowest BCUT2D eigenvalue weighted by Crippen LogP contribution is -2.59. The molecule has 0 heterocycles. The van der Waals surface area contributed by atoms with E-state index >= 15 is 0 Å². The van der Waals surface area contributed by atoms with E-state index in [9.17, 15) is 0 Å². The highest BCUT2D eigenvalue weighted by molar-refractivity contribution is 9.09. The number of rotatable bonds is 10. The fourth-order valence-electron chi connectivity index (χ4n) is 15.4. The van der Waals surface area contributed by atoms with Crippen LogP contribution < -0.4 is 0 Å². The molecule has 0 aromatic rings. The summed E-state index contributed by atoms with van der Waals surface area (Å²) in [7, 11) is 0. The molecule has 5 saturated carbocycles. The highest BCUT2D eigenvalue weighted by Crippen LogP contribution is 2.47. The predicted molar refractivity (Wildman–Crippen MR) is 247 cm³/mol. The lowest BCUT2D eigenvalue weighted by atomic mass is 9.71. The SMILES string of the molecule is BrC1C(N(C2=CCC(C3CCCCC3)CC2)C2CC=C(C3CCCCC3)CC2)CC=CC1N(C1C=CC(C2CCCCC2)CC1)C1CCC(C2CCCCC2)CC1. The molecule has 57 heavy (non-hydrogen) atoms. The Hall–Kier alpha value is -0.800. The summed E-state index contributed by atoms with van der Waals surface area (Å²) in [6.07, 6.45) is 64.2. The summed E-state index contributed by atoms with van der Waals surface area (Å²) in [4.78, 5) is 6.76. The van der Waals surface area contributed by atoms with Gasteiger partial charge in [0, 0.05) is 35.9 Å². The van der Waals surface area contributed by atoms with Crippen molar-refractivity contribution in [2.45, 2.75) is 247 Å². The summed E-state index contributed by atoms with van der Waals surface area (Å²) in [5.74, 6) is 6.65. The normalized spacial score (nSPS) is 38.5. The van der Waals surface area contributed by atoms with Crippen molar-refractivity contribution in [3.8, 4) is 0 Å². The Morgan fingerprint density at radius 3 is 1.68 bits per heavy atom. The summed E-state index contributed by atoms with van der Waals surface area (Å²) in [5, 5.41) is 0. The number of nitrogens with zero attached hydrogens (tertiary/aromatic N) is 2. The van der Waals surface area contributed by atoms with Crippen LogP contribution in [-0.2, 0) is 0 Å². The van der Waals surface area contributed by atoms with Crippen LogP contribution in [0.4, 0.5) is 0 Å². The van der Waals surface area contributed by atoms with E-state index in [-0.39, 0.29) is 0 Å². The molecule has 0 aromatic heterocycles. The van der Waals surface area contributed by atoms with Gasteiger partial charge in [-0.05, 0) is 151 Å². The van der Waals surface area contributed by atoms with Crippen molar-refractivity contribution >= 4 is 15.9 Å². The first-order valence-electron chi connectivity index (χ1n) is 26.1. The lowest BCUT2D eigenvalue weighted by molar-refractivity contribution is 0.0416. The molecule has 0 aliphatic heterocycles. The third-order valence-corrected chi connectivity index (χ3v) is 19.8. The predicted octanol–water partition coefficient (Wildman–Crippen LogP) is 15.4. The molecule has 0 aromatic carbocycles. The van der Waals surface area contributed by atoms with Crippen LogP contribution in [0.15, 0.2) is 47.7 Å². The molecule has 9 rings (SSSR count). The Balaban J connectivity index is 0.965. The first-order chi connectivity index (χ1) is 28.2. The van der Waals surface area contributed by atoms with Crippen molar-refractivity contribution in [1.82, 2.24) is 9.80 Å². The molecule has 9 aliphatic rings. The van der Waals surface area contributed by atoms with Crippen molar-refractivity contribution in [2.75, 3.05) is 0 Å². The van der Waals surface area contributed by atoms with Crippen LogP contribution in [0.3, 0.4) is 0 Å². The summed E-state index contributed by atoms with van der Waals surface area (Å²) in [6, 6.07) is 3.03. The average molecular weight is 842 g/mol. The van der Waals surface area contributed by atoms with Crippen LogP contribution in [0.25, 0.3) is 0 Å². The van der Waals surface area contributed by atoms with Crippen LogP contribution in [0.1, 0.15) is 212 Å². The van der Waals surface area contributed by atoms with Crippen LogP contribution >= 0.6 is 15.9 Å². The van der Waals surface area contributed by atoms with Crippen LogP contribution in [0.5, 0.6) is 0 Å². The zero-order chi connectivity index (χ0) is 38.4. The summed E-state index contributed by atoms with van der Waals surface area (Å²) in [6.45, 7) is 0. The van der Waals surface area contributed by atoms with Gasteiger partial charge in [-0.2, -0.15) is 0 Å². The molecule has 0 N–H and O–H groups in total. The molecule has 0 bridgehead atoms. The Morgan fingerprint density at radius 1 is 0.456 bits per heavy atom. The van der Waals surface area contributed by atoms with Crippen molar-refractivity contribution in [1.29, 1.82) is 0 Å².